The highest BCUT2D eigenvalue weighted by atomic mass is 15.2. The molecule has 1 unspecified atom stereocenters. The summed E-state index contributed by atoms with van der Waals surface area (Å²) in [5.41, 5.74) is 0.653. The van der Waals surface area contributed by atoms with E-state index in [0.717, 1.165) is 0 Å². The van der Waals surface area contributed by atoms with Crippen molar-refractivity contribution in [3.63, 3.8) is 0 Å². The number of nitrogens with one attached hydrogen (secondary N) is 1. The number of hydrogen-bond donors (Lipinski definition) is 1. The molecule has 2 aliphatic rings. The maximum absolute atomic E-state index is 4.19. The summed E-state index contributed by atoms with van der Waals surface area (Å²) < 4.78 is 0. The maximum atomic E-state index is 4.19. The summed E-state index contributed by atoms with van der Waals surface area (Å²) in [4.78, 5) is 1.57. The molecule has 1 nitrogen and oxygen atoms in total. The van der Waals surface area contributed by atoms with Gasteiger partial charge >= 0.3 is 0 Å². The summed E-state index contributed by atoms with van der Waals surface area (Å²) in [6.07, 6.45) is 8.68. The van der Waals surface area contributed by atoms with E-state index in [1.54, 1.807) is 4.90 Å². The van der Waals surface area contributed by atoms with Gasteiger partial charge in [-0.3, -0.25) is 0 Å². The molecule has 1 spiro atoms. The van der Waals surface area contributed by atoms with Crippen molar-refractivity contribution >= 4 is 0 Å². The lowest BCUT2D eigenvalue weighted by Gasteiger charge is -2.34. The molecule has 10 heavy (non-hydrogen) atoms. The molecule has 1 heteroatoms. The van der Waals surface area contributed by atoms with Gasteiger partial charge in [0.1, 0.15) is 0 Å². The molecule has 0 aromatic rings. The zero-order chi connectivity index (χ0) is 7.03. The quantitative estimate of drug-likeness (QED) is 0.473. The van der Waals surface area contributed by atoms with Gasteiger partial charge in [0.2, 0.25) is 0 Å². The monoisotopic (exact) mass is 139 g/mol. The lowest BCUT2D eigenvalue weighted by Crippen LogP contribution is -3.13. The van der Waals surface area contributed by atoms with Crippen LogP contribution in [0.1, 0.15) is 38.5 Å². The Bertz CT molecular complexity index is 119. The van der Waals surface area contributed by atoms with E-state index < -0.39 is 0 Å². The van der Waals surface area contributed by atoms with E-state index in [9.17, 15) is 0 Å². The lowest BCUT2D eigenvalue weighted by atomic mass is 9.95. The molecular weight excluding hydrogens is 122 g/mol. The van der Waals surface area contributed by atoms with Gasteiger partial charge in [-0.15, -0.1) is 0 Å². The van der Waals surface area contributed by atoms with Crippen molar-refractivity contribution < 1.29 is 4.90 Å². The molecule has 1 aliphatic heterocycles. The molecule has 0 aromatic heterocycles. The van der Waals surface area contributed by atoms with Gasteiger partial charge in [0.25, 0.3) is 0 Å². The molecular formula is C9H17N. The summed E-state index contributed by atoms with van der Waals surface area (Å²) in [7, 11) is 4.19. The van der Waals surface area contributed by atoms with Crippen LogP contribution in [-0.4, -0.2) is 12.1 Å². The molecule has 1 aliphatic carbocycles. The Kier molecular flexibility index (Phi) is 1.48. The fourth-order valence-corrected chi connectivity index (χ4v) is 2.74. The Hall–Kier alpha value is -0.0400. The first kappa shape index (κ1) is 6.66. The van der Waals surface area contributed by atoms with E-state index in [-0.39, 0.29) is 0 Å². The summed E-state index contributed by atoms with van der Waals surface area (Å²) in [6, 6.07) is 0. The average molecular weight is 139 g/mol. The second-order valence-electron chi connectivity index (χ2n) is 3.94. The summed E-state index contributed by atoms with van der Waals surface area (Å²) in [5, 5.41) is 0. The van der Waals surface area contributed by atoms with Gasteiger partial charge in [0, 0.05) is 25.7 Å². The van der Waals surface area contributed by atoms with E-state index in [0.29, 0.717) is 5.54 Å². The minimum Gasteiger partial charge on any atom is -0.463 e. The smallest absolute Gasteiger partial charge is 0.0740 e. The average Bonchev–Trinajstić information content (AvgIpc) is 2.48. The van der Waals surface area contributed by atoms with Crippen molar-refractivity contribution in [2.24, 2.45) is 0 Å². The van der Waals surface area contributed by atoms with Crippen molar-refractivity contribution in [2.75, 3.05) is 6.54 Å². The van der Waals surface area contributed by atoms with Gasteiger partial charge in [-0.2, -0.15) is 7.05 Å². The normalized spacial score (nSPS) is 37.5. The predicted molar refractivity (Wildman–Crippen MR) is 41.6 cm³/mol. The molecule has 58 valence electrons. The number of hydrogen-bond acceptors (Lipinski definition) is 0. The molecule has 0 aromatic carbocycles. The molecule has 2 fully saturated rings. The van der Waals surface area contributed by atoms with Gasteiger partial charge in [-0.25, -0.2) is 0 Å². The molecule has 2 rings (SSSR count). The van der Waals surface area contributed by atoms with Gasteiger partial charge in [-0.1, -0.05) is 0 Å². The van der Waals surface area contributed by atoms with Crippen LogP contribution in [-0.2, 0) is 0 Å². The molecule has 1 saturated carbocycles. The molecule has 0 amide bonds. The van der Waals surface area contributed by atoms with Crippen LogP contribution in [0.15, 0.2) is 0 Å². The first-order valence-corrected chi connectivity index (χ1v) is 4.52. The third kappa shape index (κ3) is 0.800. The fraction of sp³-hybridized carbons (Fsp3) is 0.889. The van der Waals surface area contributed by atoms with Crippen LogP contribution in [0, 0.1) is 7.05 Å². The van der Waals surface area contributed by atoms with E-state index >= 15 is 0 Å². The molecule has 0 bridgehead atoms. The molecule has 0 radical (unpaired) electrons. The van der Waals surface area contributed by atoms with E-state index in [1.165, 1.54) is 45.1 Å². The van der Waals surface area contributed by atoms with Crippen molar-refractivity contribution in [3.05, 3.63) is 7.05 Å². The Morgan fingerprint density at radius 3 is 2.10 bits per heavy atom. The number of likely N-dealkylation sites (tertiary alicyclic amines) is 1. The van der Waals surface area contributed by atoms with Crippen LogP contribution in [0.2, 0.25) is 0 Å². The number of rotatable bonds is 0. The van der Waals surface area contributed by atoms with Crippen LogP contribution in [0.4, 0.5) is 0 Å². The predicted octanol–water partition coefficient (Wildman–Crippen LogP) is 0.769. The maximum Gasteiger partial charge on any atom is 0.0740 e. The molecule has 1 atom stereocenters. The first-order valence-electron chi connectivity index (χ1n) is 4.52. The Morgan fingerprint density at radius 1 is 1.00 bits per heavy atom. The number of quaternary nitrogens is 1. The third-order valence-corrected chi connectivity index (χ3v) is 3.44. The highest BCUT2D eigenvalue weighted by molar-refractivity contribution is 4.87. The van der Waals surface area contributed by atoms with Crippen molar-refractivity contribution in [1.29, 1.82) is 0 Å². The Morgan fingerprint density at radius 2 is 1.60 bits per heavy atom. The highest BCUT2D eigenvalue weighted by Crippen LogP contribution is 2.32. The van der Waals surface area contributed by atoms with Crippen molar-refractivity contribution in [2.45, 2.75) is 44.1 Å². The van der Waals surface area contributed by atoms with Crippen LogP contribution in [0.3, 0.4) is 0 Å². The standard InChI is InChI=1S/C9H17N/c1-10-8-4-7-9(10)5-2-3-6-9/h10H,1-8H2. The largest absolute Gasteiger partial charge is 0.463 e. The SMILES string of the molecule is [CH2-][NH+]1CCCC12CCCC2. The fourth-order valence-electron chi connectivity index (χ4n) is 2.74. The van der Waals surface area contributed by atoms with Crippen molar-refractivity contribution in [1.82, 2.24) is 0 Å². The van der Waals surface area contributed by atoms with E-state index in [4.69, 9.17) is 0 Å². The minimum atomic E-state index is 0.653. The third-order valence-electron chi connectivity index (χ3n) is 3.44. The minimum absolute atomic E-state index is 0.653. The van der Waals surface area contributed by atoms with Gasteiger partial charge < -0.3 is 4.90 Å². The zero-order valence-corrected chi connectivity index (χ0v) is 6.66. The van der Waals surface area contributed by atoms with Crippen LogP contribution < -0.4 is 4.90 Å². The zero-order valence-electron chi connectivity index (χ0n) is 6.66. The topological polar surface area (TPSA) is 4.44 Å². The summed E-state index contributed by atoms with van der Waals surface area (Å²) >= 11 is 0. The second-order valence-corrected chi connectivity index (χ2v) is 3.94. The molecule has 1 saturated heterocycles. The Labute approximate surface area is 63.4 Å². The summed E-state index contributed by atoms with van der Waals surface area (Å²) in [6.45, 7) is 1.32. The van der Waals surface area contributed by atoms with Gasteiger partial charge in [0.05, 0.1) is 12.1 Å². The first-order chi connectivity index (χ1) is 4.83. The second kappa shape index (κ2) is 2.23. The van der Waals surface area contributed by atoms with Crippen molar-refractivity contribution in [3.8, 4) is 0 Å². The lowest BCUT2D eigenvalue weighted by molar-refractivity contribution is -0.895. The van der Waals surface area contributed by atoms with E-state index in [2.05, 4.69) is 7.05 Å². The highest BCUT2D eigenvalue weighted by Gasteiger charge is 2.41. The molecule has 1 heterocycles. The van der Waals surface area contributed by atoms with Crippen LogP contribution in [0.5, 0.6) is 0 Å². The van der Waals surface area contributed by atoms with E-state index in [1.807, 2.05) is 0 Å². The summed E-state index contributed by atoms with van der Waals surface area (Å²) in [5.74, 6) is 0. The van der Waals surface area contributed by atoms with Crippen LogP contribution >= 0.6 is 0 Å². The Balaban J connectivity index is 2.11. The van der Waals surface area contributed by atoms with Gasteiger partial charge in [-0.05, 0) is 12.8 Å². The van der Waals surface area contributed by atoms with Crippen LogP contribution in [0.25, 0.3) is 0 Å². The van der Waals surface area contributed by atoms with Gasteiger partial charge in [0.15, 0.2) is 0 Å². The molecule has 1 N–H and O–H groups in total.